The van der Waals surface area contributed by atoms with Gasteiger partial charge in [-0.3, -0.25) is 4.79 Å². The van der Waals surface area contributed by atoms with Crippen LogP contribution in [0.1, 0.15) is 26.9 Å². The van der Waals surface area contributed by atoms with Gasteiger partial charge >= 0.3 is 0 Å². The van der Waals surface area contributed by atoms with Gasteiger partial charge in [0.15, 0.2) is 0 Å². The minimum absolute atomic E-state index is 0.246. The highest BCUT2D eigenvalue weighted by molar-refractivity contribution is 6.21. The van der Waals surface area contributed by atoms with Crippen LogP contribution in [-0.4, -0.2) is 12.5 Å². The standard InChI is InChI=1S/C16H15ClFNO/c1-11-9-13(18)7-8-14(11)16(20)19-10-15(17)12-5-3-2-4-6-12/h2-9,15H,10H2,1H3,(H,19,20). The molecule has 20 heavy (non-hydrogen) atoms. The molecular formula is C16H15ClFNO. The molecule has 2 rings (SSSR count). The third kappa shape index (κ3) is 3.58. The summed E-state index contributed by atoms with van der Waals surface area (Å²) < 4.78 is 13.0. The van der Waals surface area contributed by atoms with Gasteiger partial charge in [-0.05, 0) is 36.2 Å². The van der Waals surface area contributed by atoms with Gasteiger partial charge in [0.2, 0.25) is 0 Å². The first-order valence-electron chi connectivity index (χ1n) is 6.31. The second-order valence-electron chi connectivity index (χ2n) is 4.55. The average Bonchev–Trinajstić information content (AvgIpc) is 2.45. The minimum atomic E-state index is -0.349. The Morgan fingerprint density at radius 3 is 2.60 bits per heavy atom. The van der Waals surface area contributed by atoms with E-state index in [-0.39, 0.29) is 17.1 Å². The Labute approximate surface area is 122 Å². The summed E-state index contributed by atoms with van der Waals surface area (Å²) in [6.07, 6.45) is 0. The average molecular weight is 292 g/mol. The van der Waals surface area contributed by atoms with Gasteiger partial charge in [0.1, 0.15) is 5.82 Å². The van der Waals surface area contributed by atoms with Crippen molar-refractivity contribution in [2.24, 2.45) is 0 Å². The molecule has 0 bridgehead atoms. The van der Waals surface area contributed by atoms with Crippen molar-refractivity contribution in [2.45, 2.75) is 12.3 Å². The van der Waals surface area contributed by atoms with E-state index in [1.54, 1.807) is 6.92 Å². The summed E-state index contributed by atoms with van der Waals surface area (Å²) in [6, 6.07) is 13.6. The normalized spacial score (nSPS) is 11.9. The lowest BCUT2D eigenvalue weighted by molar-refractivity contribution is 0.0953. The molecule has 1 amide bonds. The minimum Gasteiger partial charge on any atom is -0.350 e. The Morgan fingerprint density at radius 2 is 1.95 bits per heavy atom. The molecule has 1 N–H and O–H groups in total. The molecule has 0 saturated carbocycles. The van der Waals surface area contributed by atoms with E-state index in [4.69, 9.17) is 11.6 Å². The van der Waals surface area contributed by atoms with Gasteiger partial charge in [-0.15, -0.1) is 11.6 Å². The van der Waals surface area contributed by atoms with Gasteiger partial charge in [0, 0.05) is 12.1 Å². The fraction of sp³-hybridized carbons (Fsp3) is 0.188. The summed E-state index contributed by atoms with van der Waals surface area (Å²) in [7, 11) is 0. The Kier molecular flexibility index (Phi) is 4.74. The largest absolute Gasteiger partial charge is 0.350 e. The first-order chi connectivity index (χ1) is 9.58. The molecule has 0 radical (unpaired) electrons. The van der Waals surface area contributed by atoms with Crippen LogP contribution < -0.4 is 5.32 Å². The fourth-order valence-electron chi connectivity index (χ4n) is 1.94. The summed E-state index contributed by atoms with van der Waals surface area (Å²) in [5.41, 5.74) is 2.02. The molecule has 2 aromatic carbocycles. The Hall–Kier alpha value is -1.87. The number of hydrogen-bond acceptors (Lipinski definition) is 1. The molecule has 1 atom stereocenters. The summed E-state index contributed by atoms with van der Waals surface area (Å²) in [5.74, 6) is -0.595. The molecule has 2 aromatic rings. The quantitative estimate of drug-likeness (QED) is 0.852. The van der Waals surface area contributed by atoms with Crippen LogP contribution in [-0.2, 0) is 0 Å². The van der Waals surface area contributed by atoms with Gasteiger partial charge in [0.25, 0.3) is 5.91 Å². The van der Waals surface area contributed by atoms with Crippen LogP contribution in [0.3, 0.4) is 0 Å². The van der Waals surface area contributed by atoms with Crippen LogP contribution in [0.2, 0.25) is 0 Å². The topological polar surface area (TPSA) is 29.1 Å². The maximum absolute atomic E-state index is 13.0. The lowest BCUT2D eigenvalue weighted by Gasteiger charge is -2.12. The molecule has 1 unspecified atom stereocenters. The zero-order valence-corrected chi connectivity index (χ0v) is 11.8. The fourth-order valence-corrected chi connectivity index (χ4v) is 2.16. The van der Waals surface area contributed by atoms with Gasteiger partial charge < -0.3 is 5.32 Å². The number of carbonyl (C=O) groups excluding carboxylic acids is 1. The van der Waals surface area contributed by atoms with E-state index in [1.807, 2.05) is 30.3 Å². The van der Waals surface area contributed by atoms with Crippen LogP contribution in [0.15, 0.2) is 48.5 Å². The Balaban J connectivity index is 1.99. The molecule has 104 valence electrons. The van der Waals surface area contributed by atoms with E-state index in [9.17, 15) is 9.18 Å². The molecule has 4 heteroatoms. The highest BCUT2D eigenvalue weighted by Crippen LogP contribution is 2.19. The monoisotopic (exact) mass is 291 g/mol. The first-order valence-corrected chi connectivity index (χ1v) is 6.75. The zero-order chi connectivity index (χ0) is 14.5. The van der Waals surface area contributed by atoms with Crippen molar-refractivity contribution < 1.29 is 9.18 Å². The first kappa shape index (κ1) is 14.5. The van der Waals surface area contributed by atoms with Crippen molar-refractivity contribution in [1.29, 1.82) is 0 Å². The van der Waals surface area contributed by atoms with E-state index in [1.165, 1.54) is 18.2 Å². The number of aryl methyl sites for hydroxylation is 1. The molecule has 0 aliphatic carbocycles. The maximum atomic E-state index is 13.0. The second kappa shape index (κ2) is 6.53. The predicted molar refractivity (Wildman–Crippen MR) is 78.5 cm³/mol. The number of amides is 1. The van der Waals surface area contributed by atoms with E-state index in [0.717, 1.165) is 5.56 Å². The van der Waals surface area contributed by atoms with E-state index in [2.05, 4.69) is 5.32 Å². The smallest absolute Gasteiger partial charge is 0.251 e. The molecule has 0 aliphatic rings. The number of rotatable bonds is 4. The number of hydrogen-bond donors (Lipinski definition) is 1. The third-order valence-corrected chi connectivity index (χ3v) is 3.44. The van der Waals surface area contributed by atoms with Crippen LogP contribution in [0, 0.1) is 12.7 Å². The van der Waals surface area contributed by atoms with Crippen LogP contribution in [0.5, 0.6) is 0 Å². The summed E-state index contributed by atoms with van der Waals surface area (Å²) >= 11 is 6.23. The molecule has 0 aliphatic heterocycles. The van der Waals surface area contributed by atoms with Crippen molar-refractivity contribution in [3.05, 3.63) is 71.0 Å². The van der Waals surface area contributed by atoms with Gasteiger partial charge in [-0.1, -0.05) is 30.3 Å². The Morgan fingerprint density at radius 1 is 1.25 bits per heavy atom. The van der Waals surface area contributed by atoms with Crippen LogP contribution in [0.4, 0.5) is 4.39 Å². The number of carbonyl (C=O) groups is 1. The number of nitrogens with one attached hydrogen (secondary N) is 1. The lowest BCUT2D eigenvalue weighted by atomic mass is 10.1. The van der Waals surface area contributed by atoms with Crippen molar-refractivity contribution in [3.8, 4) is 0 Å². The summed E-state index contributed by atoms with van der Waals surface area (Å²) in [5, 5.41) is 2.47. The number of alkyl halides is 1. The van der Waals surface area contributed by atoms with E-state index >= 15 is 0 Å². The lowest BCUT2D eigenvalue weighted by Crippen LogP contribution is -2.27. The van der Waals surface area contributed by atoms with Crippen molar-refractivity contribution in [1.82, 2.24) is 5.32 Å². The number of halogens is 2. The van der Waals surface area contributed by atoms with Gasteiger partial charge in [0.05, 0.1) is 5.38 Å². The van der Waals surface area contributed by atoms with E-state index in [0.29, 0.717) is 17.7 Å². The molecule has 0 aromatic heterocycles. The third-order valence-electron chi connectivity index (χ3n) is 3.04. The predicted octanol–water partition coefficient (Wildman–Crippen LogP) is 3.84. The summed E-state index contributed by atoms with van der Waals surface area (Å²) in [6.45, 7) is 2.02. The molecule has 0 fully saturated rings. The van der Waals surface area contributed by atoms with Crippen LogP contribution in [0.25, 0.3) is 0 Å². The summed E-state index contributed by atoms with van der Waals surface area (Å²) in [4.78, 5) is 12.0. The zero-order valence-electron chi connectivity index (χ0n) is 11.1. The van der Waals surface area contributed by atoms with Crippen molar-refractivity contribution in [2.75, 3.05) is 6.54 Å². The SMILES string of the molecule is Cc1cc(F)ccc1C(=O)NCC(Cl)c1ccccc1. The van der Waals surface area contributed by atoms with Crippen molar-refractivity contribution >= 4 is 17.5 Å². The van der Waals surface area contributed by atoms with Gasteiger partial charge in [-0.25, -0.2) is 4.39 Å². The van der Waals surface area contributed by atoms with Crippen molar-refractivity contribution in [3.63, 3.8) is 0 Å². The molecule has 0 saturated heterocycles. The highest BCUT2D eigenvalue weighted by Gasteiger charge is 2.12. The molecule has 0 spiro atoms. The van der Waals surface area contributed by atoms with Gasteiger partial charge in [-0.2, -0.15) is 0 Å². The second-order valence-corrected chi connectivity index (χ2v) is 5.07. The van der Waals surface area contributed by atoms with E-state index < -0.39 is 0 Å². The van der Waals surface area contributed by atoms with Crippen LogP contribution >= 0.6 is 11.6 Å². The molecular weight excluding hydrogens is 277 g/mol. The number of benzene rings is 2. The highest BCUT2D eigenvalue weighted by atomic mass is 35.5. The maximum Gasteiger partial charge on any atom is 0.251 e. The molecule has 0 heterocycles. The Bertz CT molecular complexity index is 601. The molecule has 2 nitrogen and oxygen atoms in total.